The van der Waals surface area contributed by atoms with E-state index >= 15 is 0 Å². The maximum Gasteiger partial charge on any atom is 0.187 e. The van der Waals surface area contributed by atoms with Crippen LogP contribution in [0.2, 0.25) is 0 Å². The second kappa shape index (κ2) is 6.44. The van der Waals surface area contributed by atoms with E-state index in [2.05, 4.69) is 15.3 Å². The summed E-state index contributed by atoms with van der Waals surface area (Å²) >= 11 is 1.53. The van der Waals surface area contributed by atoms with Gasteiger partial charge >= 0.3 is 0 Å². The minimum Gasteiger partial charge on any atom is -0.497 e. The van der Waals surface area contributed by atoms with Gasteiger partial charge < -0.3 is 14.8 Å². The first kappa shape index (κ1) is 14.3. The van der Waals surface area contributed by atoms with E-state index < -0.39 is 0 Å². The lowest BCUT2D eigenvalue weighted by Crippen LogP contribution is -1.93. The average molecular weight is 313 g/mol. The Kier molecular flexibility index (Phi) is 4.20. The second-order valence-electron chi connectivity index (χ2n) is 4.51. The Morgan fingerprint density at radius 3 is 2.50 bits per heavy atom. The summed E-state index contributed by atoms with van der Waals surface area (Å²) in [5.74, 6) is 1.46. The fraction of sp³-hybridized carbons (Fsp3) is 0.125. The van der Waals surface area contributed by atoms with Gasteiger partial charge in [0.2, 0.25) is 0 Å². The zero-order valence-corrected chi connectivity index (χ0v) is 13.1. The van der Waals surface area contributed by atoms with Crippen molar-refractivity contribution in [3.63, 3.8) is 0 Å². The number of nitrogens with zero attached hydrogens (tertiary/aromatic N) is 2. The number of ether oxygens (including phenoxy) is 2. The van der Waals surface area contributed by atoms with E-state index in [0.29, 0.717) is 0 Å². The van der Waals surface area contributed by atoms with Gasteiger partial charge in [-0.1, -0.05) is 0 Å². The third kappa shape index (κ3) is 3.17. The number of hydrogen-bond donors (Lipinski definition) is 1. The topological polar surface area (TPSA) is 56.3 Å². The molecule has 0 fully saturated rings. The molecular weight excluding hydrogens is 298 g/mol. The molecule has 0 amide bonds. The highest BCUT2D eigenvalue weighted by atomic mass is 32.1. The van der Waals surface area contributed by atoms with Crippen molar-refractivity contribution < 1.29 is 9.47 Å². The highest BCUT2D eigenvalue weighted by molar-refractivity contribution is 7.14. The third-order valence-corrected chi connectivity index (χ3v) is 3.82. The Labute approximate surface area is 132 Å². The summed E-state index contributed by atoms with van der Waals surface area (Å²) in [4.78, 5) is 8.68. The molecule has 0 radical (unpaired) electrons. The number of aromatic nitrogens is 2. The smallest absolute Gasteiger partial charge is 0.187 e. The van der Waals surface area contributed by atoms with Gasteiger partial charge in [0.15, 0.2) is 5.13 Å². The number of thiazole rings is 1. The van der Waals surface area contributed by atoms with Crippen molar-refractivity contribution in [3.8, 4) is 22.8 Å². The lowest BCUT2D eigenvalue weighted by molar-refractivity contribution is 0.395. The number of pyridine rings is 1. The van der Waals surface area contributed by atoms with Crippen LogP contribution in [0.25, 0.3) is 11.3 Å². The molecule has 3 aromatic rings. The number of benzene rings is 1. The van der Waals surface area contributed by atoms with Crippen molar-refractivity contribution in [1.29, 1.82) is 0 Å². The Bertz CT molecular complexity index is 737. The predicted molar refractivity (Wildman–Crippen MR) is 88.2 cm³/mol. The fourth-order valence-electron chi connectivity index (χ4n) is 1.98. The Morgan fingerprint density at radius 2 is 1.86 bits per heavy atom. The molecule has 0 spiro atoms. The van der Waals surface area contributed by atoms with Crippen LogP contribution in [0, 0.1) is 0 Å². The summed E-state index contributed by atoms with van der Waals surface area (Å²) in [6.45, 7) is 0. The Morgan fingerprint density at radius 1 is 1.09 bits per heavy atom. The zero-order chi connectivity index (χ0) is 15.4. The molecule has 5 nitrogen and oxygen atoms in total. The molecule has 2 aromatic heterocycles. The van der Waals surface area contributed by atoms with Gasteiger partial charge in [0.05, 0.1) is 19.9 Å². The van der Waals surface area contributed by atoms with E-state index in [1.54, 1.807) is 26.6 Å². The minimum absolute atomic E-state index is 0.728. The maximum absolute atomic E-state index is 5.26. The summed E-state index contributed by atoms with van der Waals surface area (Å²) in [6.07, 6.45) is 3.55. The molecule has 0 saturated heterocycles. The summed E-state index contributed by atoms with van der Waals surface area (Å²) < 4.78 is 10.5. The van der Waals surface area contributed by atoms with Gasteiger partial charge in [0.25, 0.3) is 0 Å². The highest BCUT2D eigenvalue weighted by Gasteiger charge is 2.07. The summed E-state index contributed by atoms with van der Waals surface area (Å²) in [5.41, 5.74) is 2.76. The molecule has 2 heterocycles. The van der Waals surface area contributed by atoms with Crippen LogP contribution < -0.4 is 14.8 Å². The molecule has 22 heavy (non-hydrogen) atoms. The molecule has 0 aliphatic carbocycles. The second-order valence-corrected chi connectivity index (χ2v) is 5.36. The van der Waals surface area contributed by atoms with Crippen LogP contribution >= 0.6 is 11.3 Å². The van der Waals surface area contributed by atoms with E-state index in [1.165, 1.54) is 11.3 Å². The van der Waals surface area contributed by atoms with Crippen LogP contribution in [0.4, 0.5) is 10.8 Å². The molecular formula is C16H15N3O2S. The lowest BCUT2D eigenvalue weighted by atomic mass is 10.2. The van der Waals surface area contributed by atoms with E-state index in [0.717, 1.165) is 33.6 Å². The van der Waals surface area contributed by atoms with Crippen LogP contribution in [0.3, 0.4) is 0 Å². The number of hydrogen-bond acceptors (Lipinski definition) is 6. The Hall–Kier alpha value is -2.60. The molecule has 1 N–H and O–H groups in total. The molecule has 112 valence electrons. The van der Waals surface area contributed by atoms with E-state index in [9.17, 15) is 0 Å². The SMILES string of the molecule is COc1cc(Nc2nc(-c3cccnc3)cs2)cc(OC)c1. The van der Waals surface area contributed by atoms with Gasteiger partial charge in [0.1, 0.15) is 11.5 Å². The molecule has 0 atom stereocenters. The van der Waals surface area contributed by atoms with Gasteiger partial charge in [-0.2, -0.15) is 0 Å². The summed E-state index contributed by atoms with van der Waals surface area (Å²) in [6, 6.07) is 9.50. The predicted octanol–water partition coefficient (Wildman–Crippen LogP) is 3.97. The van der Waals surface area contributed by atoms with Crippen molar-refractivity contribution in [1.82, 2.24) is 9.97 Å². The molecule has 3 rings (SSSR count). The standard InChI is InChI=1S/C16H15N3O2S/c1-20-13-6-12(7-14(8-13)21-2)18-16-19-15(10-22-16)11-4-3-5-17-9-11/h3-10H,1-2H3,(H,18,19). The van der Waals surface area contributed by atoms with Gasteiger partial charge in [0, 0.05) is 47.2 Å². The minimum atomic E-state index is 0.728. The van der Waals surface area contributed by atoms with Gasteiger partial charge in [-0.25, -0.2) is 4.98 Å². The lowest BCUT2D eigenvalue weighted by Gasteiger charge is -2.08. The molecule has 0 bridgehead atoms. The first-order chi connectivity index (χ1) is 10.8. The van der Waals surface area contributed by atoms with Gasteiger partial charge in [-0.15, -0.1) is 11.3 Å². The highest BCUT2D eigenvalue weighted by Crippen LogP contribution is 2.30. The van der Waals surface area contributed by atoms with Gasteiger partial charge in [-0.3, -0.25) is 4.98 Å². The third-order valence-electron chi connectivity index (χ3n) is 3.06. The van der Waals surface area contributed by atoms with Crippen molar-refractivity contribution >= 4 is 22.2 Å². The van der Waals surface area contributed by atoms with Crippen LogP contribution in [0.1, 0.15) is 0 Å². The average Bonchev–Trinajstić information content (AvgIpc) is 3.03. The molecule has 1 aromatic carbocycles. The molecule has 0 saturated carbocycles. The Balaban J connectivity index is 1.83. The van der Waals surface area contributed by atoms with Crippen LogP contribution in [-0.4, -0.2) is 24.2 Å². The first-order valence-corrected chi connectivity index (χ1v) is 7.52. The van der Waals surface area contributed by atoms with Crippen molar-refractivity contribution in [3.05, 3.63) is 48.1 Å². The first-order valence-electron chi connectivity index (χ1n) is 6.64. The zero-order valence-electron chi connectivity index (χ0n) is 12.2. The number of rotatable bonds is 5. The number of nitrogens with one attached hydrogen (secondary N) is 1. The van der Waals surface area contributed by atoms with E-state index in [4.69, 9.17) is 9.47 Å². The van der Waals surface area contributed by atoms with Crippen LogP contribution in [-0.2, 0) is 0 Å². The fourth-order valence-corrected chi connectivity index (χ4v) is 2.72. The van der Waals surface area contributed by atoms with Crippen molar-refractivity contribution in [2.24, 2.45) is 0 Å². The largest absolute Gasteiger partial charge is 0.497 e. The molecule has 0 aliphatic heterocycles. The van der Waals surface area contributed by atoms with Crippen molar-refractivity contribution in [2.75, 3.05) is 19.5 Å². The van der Waals surface area contributed by atoms with Crippen LogP contribution in [0.15, 0.2) is 48.1 Å². The molecule has 0 unspecified atom stereocenters. The number of anilines is 2. The number of methoxy groups -OCH3 is 2. The van der Waals surface area contributed by atoms with E-state index in [-0.39, 0.29) is 0 Å². The molecule has 6 heteroatoms. The van der Waals surface area contributed by atoms with Gasteiger partial charge in [-0.05, 0) is 12.1 Å². The van der Waals surface area contributed by atoms with Crippen LogP contribution in [0.5, 0.6) is 11.5 Å². The van der Waals surface area contributed by atoms with E-state index in [1.807, 2.05) is 35.7 Å². The normalized spacial score (nSPS) is 10.3. The summed E-state index contributed by atoms with van der Waals surface area (Å²) in [7, 11) is 3.25. The summed E-state index contributed by atoms with van der Waals surface area (Å²) in [5, 5.41) is 6.07. The maximum atomic E-state index is 5.26. The van der Waals surface area contributed by atoms with Crippen molar-refractivity contribution in [2.45, 2.75) is 0 Å². The molecule has 0 aliphatic rings. The quantitative estimate of drug-likeness (QED) is 0.772. The monoisotopic (exact) mass is 313 g/mol.